The van der Waals surface area contributed by atoms with Crippen LogP contribution in [0.15, 0.2) is 29.2 Å². The molecule has 0 aliphatic carbocycles. The van der Waals surface area contributed by atoms with Gasteiger partial charge in [-0.3, -0.25) is 4.79 Å². The molecule has 0 radical (unpaired) electrons. The molecule has 0 bridgehead atoms. The topological polar surface area (TPSA) is 20.3 Å². The highest BCUT2D eigenvalue weighted by Crippen LogP contribution is 2.40. The van der Waals surface area contributed by atoms with Crippen LogP contribution in [0.2, 0.25) is 0 Å². The number of halogens is 1. The highest BCUT2D eigenvalue weighted by Gasteiger charge is 2.32. The molecule has 92 valence electrons. The summed E-state index contributed by atoms with van der Waals surface area (Å²) in [6.07, 6.45) is 0. The zero-order chi connectivity index (χ0) is 12.4. The summed E-state index contributed by atoms with van der Waals surface area (Å²) >= 11 is 5.21. The summed E-state index contributed by atoms with van der Waals surface area (Å²) in [5.41, 5.74) is 1.19. The van der Waals surface area contributed by atoms with Crippen LogP contribution in [0, 0.1) is 0 Å². The largest absolute Gasteiger partial charge is 0.342 e. The molecule has 2 unspecified atom stereocenters. The Morgan fingerprint density at radius 3 is 3.00 bits per heavy atom. The van der Waals surface area contributed by atoms with E-state index in [4.69, 9.17) is 0 Å². The number of hydrogen-bond donors (Lipinski definition) is 0. The first-order valence-corrected chi connectivity index (χ1v) is 7.80. The number of alkyl halides is 1. The van der Waals surface area contributed by atoms with Crippen LogP contribution >= 0.6 is 27.7 Å². The van der Waals surface area contributed by atoms with Gasteiger partial charge in [0.05, 0.1) is 5.92 Å². The summed E-state index contributed by atoms with van der Waals surface area (Å²) in [5, 5.41) is 0.816. The van der Waals surface area contributed by atoms with E-state index in [2.05, 4.69) is 35.0 Å². The third-order valence-electron chi connectivity index (χ3n) is 3.23. The van der Waals surface area contributed by atoms with Crippen LogP contribution < -0.4 is 0 Å². The maximum atomic E-state index is 12.4. The molecule has 1 aromatic rings. The number of carbonyl (C=O) groups is 1. The summed E-state index contributed by atoms with van der Waals surface area (Å²) in [7, 11) is 1.89. The lowest BCUT2D eigenvalue weighted by Crippen LogP contribution is -2.39. The van der Waals surface area contributed by atoms with Gasteiger partial charge in [-0.1, -0.05) is 34.1 Å². The predicted molar refractivity (Wildman–Crippen MR) is 75.9 cm³/mol. The van der Waals surface area contributed by atoms with Crippen LogP contribution in [0.5, 0.6) is 0 Å². The molecule has 1 aromatic carbocycles. The van der Waals surface area contributed by atoms with Crippen LogP contribution in [-0.4, -0.2) is 35.0 Å². The number of amides is 1. The van der Waals surface area contributed by atoms with Crippen molar-refractivity contribution in [2.75, 3.05) is 18.1 Å². The first kappa shape index (κ1) is 13.0. The van der Waals surface area contributed by atoms with Gasteiger partial charge in [0, 0.05) is 29.1 Å². The Bertz CT molecular complexity index is 424. The van der Waals surface area contributed by atoms with Gasteiger partial charge in [-0.15, -0.1) is 11.8 Å². The van der Waals surface area contributed by atoms with E-state index < -0.39 is 0 Å². The smallest absolute Gasteiger partial charge is 0.231 e. The Hall–Kier alpha value is -0.480. The zero-order valence-corrected chi connectivity index (χ0v) is 12.4. The molecule has 2 atom stereocenters. The summed E-state index contributed by atoms with van der Waals surface area (Å²) < 4.78 is 0. The van der Waals surface area contributed by atoms with Crippen LogP contribution in [0.3, 0.4) is 0 Å². The molecule has 1 aliphatic rings. The number of fused-ring (bicyclic) bond motifs is 1. The van der Waals surface area contributed by atoms with Crippen molar-refractivity contribution in [2.45, 2.75) is 23.8 Å². The molecule has 1 aliphatic heterocycles. The number of likely N-dealkylation sites (N-methyl/N-ethyl adjacent to an activating group) is 1. The maximum absolute atomic E-state index is 12.4. The number of benzene rings is 1. The summed E-state index contributed by atoms with van der Waals surface area (Å²) in [4.78, 5) is 15.5. The van der Waals surface area contributed by atoms with Gasteiger partial charge in [-0.2, -0.15) is 0 Å². The summed E-state index contributed by atoms with van der Waals surface area (Å²) in [5.74, 6) is 1.13. The van der Waals surface area contributed by atoms with Crippen LogP contribution in [0.4, 0.5) is 0 Å². The van der Waals surface area contributed by atoms with Crippen molar-refractivity contribution >= 4 is 33.6 Å². The fraction of sp³-hybridized carbons (Fsp3) is 0.462. The molecule has 1 heterocycles. The fourth-order valence-corrected chi connectivity index (χ4v) is 3.59. The van der Waals surface area contributed by atoms with E-state index in [1.54, 1.807) is 11.8 Å². The Labute approximate surface area is 115 Å². The predicted octanol–water partition coefficient (Wildman–Crippen LogP) is 3.12. The number of thioether (sulfide) groups is 1. The van der Waals surface area contributed by atoms with Gasteiger partial charge < -0.3 is 4.90 Å². The number of nitrogens with zero attached hydrogens (tertiary/aromatic N) is 1. The molecule has 2 rings (SSSR count). The average Bonchev–Trinajstić information content (AvgIpc) is 2.79. The van der Waals surface area contributed by atoms with Crippen molar-refractivity contribution in [3.8, 4) is 0 Å². The SMILES string of the molecule is CC(CBr)N(C)C(=O)C1CSc2ccccc21. The second kappa shape index (κ2) is 5.44. The third-order valence-corrected chi connectivity index (χ3v) is 5.35. The van der Waals surface area contributed by atoms with Crippen LogP contribution in [0.25, 0.3) is 0 Å². The van der Waals surface area contributed by atoms with E-state index in [9.17, 15) is 4.79 Å². The van der Waals surface area contributed by atoms with Gasteiger partial charge in [0.2, 0.25) is 5.91 Å². The fourth-order valence-electron chi connectivity index (χ4n) is 1.93. The Kier molecular flexibility index (Phi) is 4.15. The minimum Gasteiger partial charge on any atom is -0.342 e. The highest BCUT2D eigenvalue weighted by atomic mass is 79.9. The van der Waals surface area contributed by atoms with Gasteiger partial charge >= 0.3 is 0 Å². The van der Waals surface area contributed by atoms with E-state index in [1.165, 1.54) is 10.5 Å². The summed E-state index contributed by atoms with van der Waals surface area (Å²) in [6, 6.07) is 8.45. The minimum absolute atomic E-state index is 0.0303. The molecule has 0 N–H and O–H groups in total. The van der Waals surface area contributed by atoms with E-state index in [0.29, 0.717) is 0 Å². The van der Waals surface area contributed by atoms with Gasteiger partial charge in [0.1, 0.15) is 0 Å². The van der Waals surface area contributed by atoms with E-state index in [0.717, 1.165) is 11.1 Å². The van der Waals surface area contributed by atoms with Crippen molar-refractivity contribution in [1.29, 1.82) is 0 Å². The molecular formula is C13H16BrNOS. The van der Waals surface area contributed by atoms with Crippen molar-refractivity contribution in [3.63, 3.8) is 0 Å². The average molecular weight is 314 g/mol. The van der Waals surface area contributed by atoms with Gasteiger partial charge in [0.15, 0.2) is 0 Å². The minimum atomic E-state index is 0.0303. The molecule has 1 amide bonds. The molecule has 17 heavy (non-hydrogen) atoms. The number of rotatable bonds is 3. The lowest BCUT2D eigenvalue weighted by molar-refractivity contribution is -0.132. The normalized spacial score (nSPS) is 19.8. The molecular weight excluding hydrogens is 298 g/mol. The zero-order valence-electron chi connectivity index (χ0n) is 10.0. The summed E-state index contributed by atoms with van der Waals surface area (Å²) in [6.45, 7) is 2.06. The molecule has 0 aromatic heterocycles. The molecule has 0 spiro atoms. The van der Waals surface area contributed by atoms with Crippen molar-refractivity contribution in [3.05, 3.63) is 29.8 Å². The van der Waals surface area contributed by atoms with Crippen LogP contribution in [0.1, 0.15) is 18.4 Å². The second-order valence-electron chi connectivity index (χ2n) is 4.35. The maximum Gasteiger partial charge on any atom is 0.231 e. The monoisotopic (exact) mass is 313 g/mol. The Morgan fingerprint density at radius 2 is 2.29 bits per heavy atom. The first-order chi connectivity index (χ1) is 8.15. The van der Waals surface area contributed by atoms with Crippen molar-refractivity contribution < 1.29 is 4.79 Å². The van der Waals surface area contributed by atoms with Gasteiger partial charge in [0.25, 0.3) is 0 Å². The molecule has 0 fully saturated rings. The molecule has 2 nitrogen and oxygen atoms in total. The third kappa shape index (κ3) is 2.52. The molecule has 0 saturated carbocycles. The number of hydrogen-bond acceptors (Lipinski definition) is 2. The van der Waals surface area contributed by atoms with E-state index in [1.807, 2.05) is 24.1 Å². The van der Waals surface area contributed by atoms with Crippen molar-refractivity contribution in [1.82, 2.24) is 4.90 Å². The number of carbonyl (C=O) groups excluding carboxylic acids is 1. The second-order valence-corrected chi connectivity index (χ2v) is 6.06. The lowest BCUT2D eigenvalue weighted by Gasteiger charge is -2.26. The highest BCUT2D eigenvalue weighted by molar-refractivity contribution is 9.09. The molecule has 0 saturated heterocycles. The molecule has 4 heteroatoms. The van der Waals surface area contributed by atoms with Gasteiger partial charge in [-0.25, -0.2) is 0 Å². The Morgan fingerprint density at radius 1 is 1.59 bits per heavy atom. The Balaban J connectivity index is 2.18. The van der Waals surface area contributed by atoms with E-state index in [-0.39, 0.29) is 17.9 Å². The van der Waals surface area contributed by atoms with Gasteiger partial charge in [-0.05, 0) is 18.6 Å². The lowest BCUT2D eigenvalue weighted by atomic mass is 9.99. The standard InChI is InChI=1S/C13H16BrNOS/c1-9(7-14)15(2)13(16)11-8-17-12-6-4-3-5-10(11)12/h3-6,9,11H,7-8H2,1-2H3. The first-order valence-electron chi connectivity index (χ1n) is 5.69. The van der Waals surface area contributed by atoms with Crippen LogP contribution in [-0.2, 0) is 4.79 Å². The van der Waals surface area contributed by atoms with Crippen molar-refractivity contribution in [2.24, 2.45) is 0 Å². The quantitative estimate of drug-likeness (QED) is 0.799. The van der Waals surface area contributed by atoms with E-state index >= 15 is 0 Å².